The number of nitrogens with zero attached hydrogens (tertiary/aromatic N) is 3. The van der Waals surface area contributed by atoms with Gasteiger partial charge in [-0.25, -0.2) is 4.98 Å². The number of anilines is 1. The number of hydrogen-bond donors (Lipinski definition) is 1. The zero-order valence-electron chi connectivity index (χ0n) is 12.6. The van der Waals surface area contributed by atoms with Crippen molar-refractivity contribution >= 4 is 5.82 Å². The molecule has 4 nitrogen and oxygen atoms in total. The molecule has 4 heteroatoms. The lowest BCUT2D eigenvalue weighted by Crippen LogP contribution is -2.50. The predicted molar refractivity (Wildman–Crippen MR) is 80.5 cm³/mol. The van der Waals surface area contributed by atoms with Gasteiger partial charge in [-0.05, 0) is 26.1 Å². The summed E-state index contributed by atoms with van der Waals surface area (Å²) >= 11 is 0. The second-order valence-corrected chi connectivity index (χ2v) is 5.83. The zero-order chi connectivity index (χ0) is 13.8. The van der Waals surface area contributed by atoms with Crippen LogP contribution in [-0.4, -0.2) is 48.6 Å². The minimum Gasteiger partial charge on any atom is -0.351 e. The second-order valence-electron chi connectivity index (χ2n) is 5.83. The first kappa shape index (κ1) is 14.3. The molecule has 1 aliphatic rings. The highest BCUT2D eigenvalue weighted by Gasteiger charge is 2.22. The van der Waals surface area contributed by atoms with Crippen LogP contribution in [0.5, 0.6) is 0 Å². The number of aromatic nitrogens is 1. The summed E-state index contributed by atoms with van der Waals surface area (Å²) in [6.45, 7) is 10.7. The van der Waals surface area contributed by atoms with E-state index in [0.717, 1.165) is 37.7 Å². The predicted octanol–water partition coefficient (Wildman–Crippen LogP) is 1.72. The number of hydrogen-bond acceptors (Lipinski definition) is 4. The summed E-state index contributed by atoms with van der Waals surface area (Å²) < 4.78 is 0. The van der Waals surface area contributed by atoms with E-state index in [-0.39, 0.29) is 0 Å². The van der Waals surface area contributed by atoms with Crippen molar-refractivity contribution in [1.82, 2.24) is 15.2 Å². The Kier molecular flexibility index (Phi) is 4.77. The van der Waals surface area contributed by atoms with E-state index in [1.807, 2.05) is 0 Å². The summed E-state index contributed by atoms with van der Waals surface area (Å²) in [5.74, 6) is 1.11. The van der Waals surface area contributed by atoms with Crippen molar-refractivity contribution < 1.29 is 0 Å². The van der Waals surface area contributed by atoms with Gasteiger partial charge in [-0.2, -0.15) is 0 Å². The maximum absolute atomic E-state index is 4.79. The summed E-state index contributed by atoms with van der Waals surface area (Å²) in [5.41, 5.74) is 1.12. The summed E-state index contributed by atoms with van der Waals surface area (Å²) in [4.78, 5) is 9.58. The van der Waals surface area contributed by atoms with Gasteiger partial charge in [-0.1, -0.05) is 19.9 Å². The van der Waals surface area contributed by atoms with Gasteiger partial charge in [0.25, 0.3) is 0 Å². The van der Waals surface area contributed by atoms with Gasteiger partial charge < -0.3 is 15.1 Å². The molecule has 1 atom stereocenters. The molecule has 0 saturated carbocycles. The highest BCUT2D eigenvalue weighted by molar-refractivity contribution is 5.41. The fourth-order valence-electron chi connectivity index (χ4n) is 2.51. The average Bonchev–Trinajstić information content (AvgIpc) is 2.36. The molecule has 1 unspecified atom stereocenters. The van der Waals surface area contributed by atoms with Crippen LogP contribution in [-0.2, 0) is 6.54 Å². The highest BCUT2D eigenvalue weighted by atomic mass is 15.3. The van der Waals surface area contributed by atoms with Gasteiger partial charge in [0, 0.05) is 38.3 Å². The molecule has 0 radical (unpaired) electrons. The topological polar surface area (TPSA) is 31.4 Å². The number of likely N-dealkylation sites (N-methyl/N-ethyl adjacent to an activating group) is 1. The van der Waals surface area contributed by atoms with E-state index < -0.39 is 0 Å². The van der Waals surface area contributed by atoms with Crippen LogP contribution in [0.2, 0.25) is 0 Å². The van der Waals surface area contributed by atoms with Crippen LogP contribution in [0.25, 0.3) is 0 Å². The monoisotopic (exact) mass is 262 g/mol. The molecule has 1 saturated heterocycles. The van der Waals surface area contributed by atoms with Crippen molar-refractivity contribution in [1.29, 1.82) is 0 Å². The Morgan fingerprint density at radius 3 is 2.84 bits per heavy atom. The molecule has 1 fully saturated rings. The Balaban J connectivity index is 2.05. The minimum atomic E-state index is 0.494. The van der Waals surface area contributed by atoms with Crippen LogP contribution in [0.3, 0.4) is 0 Å². The van der Waals surface area contributed by atoms with Crippen molar-refractivity contribution in [3.63, 3.8) is 0 Å². The average molecular weight is 262 g/mol. The Bertz CT molecular complexity index is 405. The summed E-state index contributed by atoms with van der Waals surface area (Å²) in [5, 5.41) is 3.42. The number of rotatable bonds is 4. The van der Waals surface area contributed by atoms with Crippen molar-refractivity contribution in [2.75, 3.05) is 31.6 Å². The van der Waals surface area contributed by atoms with Crippen LogP contribution >= 0.6 is 0 Å². The van der Waals surface area contributed by atoms with Crippen LogP contribution in [0, 0.1) is 0 Å². The van der Waals surface area contributed by atoms with E-state index in [0.29, 0.717) is 12.1 Å². The number of pyridine rings is 1. The molecule has 1 aliphatic heterocycles. The lowest BCUT2D eigenvalue weighted by atomic mass is 10.2. The first-order chi connectivity index (χ1) is 9.06. The van der Waals surface area contributed by atoms with Gasteiger partial charge in [-0.3, -0.25) is 0 Å². The molecule has 1 aromatic heterocycles. The van der Waals surface area contributed by atoms with Crippen LogP contribution < -0.4 is 10.2 Å². The Morgan fingerprint density at radius 2 is 2.16 bits per heavy atom. The van der Waals surface area contributed by atoms with Crippen LogP contribution in [0.15, 0.2) is 18.2 Å². The number of piperazine rings is 1. The highest BCUT2D eigenvalue weighted by Crippen LogP contribution is 2.18. The van der Waals surface area contributed by atoms with Gasteiger partial charge in [-0.15, -0.1) is 0 Å². The van der Waals surface area contributed by atoms with E-state index in [9.17, 15) is 0 Å². The van der Waals surface area contributed by atoms with Gasteiger partial charge in [0.2, 0.25) is 0 Å². The number of nitrogens with one attached hydrogen (secondary N) is 1. The largest absolute Gasteiger partial charge is 0.351 e. The van der Waals surface area contributed by atoms with E-state index in [2.05, 4.69) is 61.1 Å². The first-order valence-corrected chi connectivity index (χ1v) is 7.21. The molecule has 0 amide bonds. The summed E-state index contributed by atoms with van der Waals surface area (Å²) in [6.07, 6.45) is 0. The van der Waals surface area contributed by atoms with Crippen LogP contribution in [0.4, 0.5) is 5.82 Å². The molecule has 0 aromatic carbocycles. The fraction of sp³-hybridized carbons (Fsp3) is 0.667. The van der Waals surface area contributed by atoms with E-state index in [4.69, 9.17) is 4.98 Å². The quantitative estimate of drug-likeness (QED) is 0.895. The molecular weight excluding hydrogens is 236 g/mol. The van der Waals surface area contributed by atoms with Crippen molar-refractivity contribution in [3.05, 3.63) is 23.9 Å². The normalized spacial score (nSPS) is 21.1. The maximum Gasteiger partial charge on any atom is 0.129 e. The van der Waals surface area contributed by atoms with Crippen LogP contribution in [0.1, 0.15) is 26.5 Å². The SMILES string of the molecule is CC(C)NCc1cccc(N2CCN(C)CC2C)n1. The molecule has 0 bridgehead atoms. The van der Waals surface area contributed by atoms with Crippen molar-refractivity contribution in [2.45, 2.75) is 39.4 Å². The van der Waals surface area contributed by atoms with Gasteiger partial charge in [0.05, 0.1) is 5.69 Å². The molecule has 2 heterocycles. The third-order valence-corrected chi connectivity index (χ3v) is 3.61. The zero-order valence-corrected chi connectivity index (χ0v) is 12.6. The van der Waals surface area contributed by atoms with Gasteiger partial charge >= 0.3 is 0 Å². The Labute approximate surface area is 116 Å². The molecule has 19 heavy (non-hydrogen) atoms. The van der Waals surface area contributed by atoms with Gasteiger partial charge in [0.1, 0.15) is 5.82 Å². The molecule has 1 N–H and O–H groups in total. The molecule has 0 aliphatic carbocycles. The van der Waals surface area contributed by atoms with E-state index in [1.165, 1.54) is 0 Å². The summed E-state index contributed by atoms with van der Waals surface area (Å²) in [6, 6.07) is 7.36. The molecular formula is C15H26N4. The molecule has 1 aromatic rings. The molecule has 0 spiro atoms. The standard InChI is InChI=1S/C15H26N4/c1-12(2)16-10-14-6-5-7-15(17-14)19-9-8-18(4)11-13(19)3/h5-7,12-13,16H,8-11H2,1-4H3. The third kappa shape index (κ3) is 3.91. The first-order valence-electron chi connectivity index (χ1n) is 7.21. The second kappa shape index (κ2) is 6.35. The van der Waals surface area contributed by atoms with E-state index in [1.54, 1.807) is 0 Å². The lowest BCUT2D eigenvalue weighted by molar-refractivity contribution is 0.274. The molecule has 2 rings (SSSR count). The lowest BCUT2D eigenvalue weighted by Gasteiger charge is -2.39. The fourth-order valence-corrected chi connectivity index (χ4v) is 2.51. The summed E-state index contributed by atoms with van der Waals surface area (Å²) in [7, 11) is 2.18. The third-order valence-electron chi connectivity index (χ3n) is 3.61. The maximum atomic E-state index is 4.79. The van der Waals surface area contributed by atoms with E-state index >= 15 is 0 Å². The Morgan fingerprint density at radius 1 is 1.37 bits per heavy atom. The van der Waals surface area contributed by atoms with Gasteiger partial charge in [0.15, 0.2) is 0 Å². The molecule has 106 valence electrons. The smallest absolute Gasteiger partial charge is 0.129 e. The van der Waals surface area contributed by atoms with Crippen molar-refractivity contribution in [3.8, 4) is 0 Å². The van der Waals surface area contributed by atoms with Crippen molar-refractivity contribution in [2.24, 2.45) is 0 Å². The minimum absolute atomic E-state index is 0.494. The Hall–Kier alpha value is -1.13.